The molecule has 0 bridgehead atoms. The average Bonchev–Trinajstić information content (AvgIpc) is 3.53. The summed E-state index contributed by atoms with van der Waals surface area (Å²) in [5.74, 6) is 1.39. The van der Waals surface area contributed by atoms with Gasteiger partial charge in [-0.25, -0.2) is 0 Å². The van der Waals surface area contributed by atoms with Gasteiger partial charge in [0, 0.05) is 17.2 Å². The Balaban J connectivity index is 1.46. The van der Waals surface area contributed by atoms with E-state index in [0.29, 0.717) is 34.7 Å². The van der Waals surface area contributed by atoms with Gasteiger partial charge in [-0.3, -0.25) is 5.10 Å². The molecule has 1 aromatic heterocycles. The lowest BCUT2D eigenvalue weighted by molar-refractivity contribution is -0.277. The van der Waals surface area contributed by atoms with Crippen molar-refractivity contribution in [1.29, 1.82) is 0 Å². The molecule has 11 nitrogen and oxygen atoms in total. The highest BCUT2D eigenvalue weighted by Crippen LogP contribution is 2.42. The predicted molar refractivity (Wildman–Crippen MR) is 121 cm³/mol. The maximum Gasteiger partial charge on any atom is 0.231 e. The second-order valence-electron chi connectivity index (χ2n) is 8.37. The smallest absolute Gasteiger partial charge is 0.231 e. The number of aliphatic hydroxyl groups is 4. The number of aryl methyl sites for hydroxylation is 1. The van der Waals surface area contributed by atoms with Crippen molar-refractivity contribution in [3.63, 3.8) is 0 Å². The van der Waals surface area contributed by atoms with Gasteiger partial charge >= 0.3 is 0 Å². The van der Waals surface area contributed by atoms with Crippen LogP contribution in [-0.2, 0) is 11.2 Å². The summed E-state index contributed by atoms with van der Waals surface area (Å²) >= 11 is 0. The molecule has 3 aromatic rings. The van der Waals surface area contributed by atoms with Crippen LogP contribution in [0.3, 0.4) is 0 Å². The Kier molecular flexibility index (Phi) is 6.26. The number of fused-ring (bicyclic) bond motifs is 1. The van der Waals surface area contributed by atoms with E-state index in [1.807, 2.05) is 25.1 Å². The van der Waals surface area contributed by atoms with E-state index in [1.54, 1.807) is 12.3 Å². The zero-order valence-electron chi connectivity index (χ0n) is 18.8. The second-order valence-corrected chi connectivity index (χ2v) is 8.37. The van der Waals surface area contributed by atoms with E-state index in [9.17, 15) is 25.5 Å². The minimum absolute atomic E-state index is 0.118. The first kappa shape index (κ1) is 23.4. The van der Waals surface area contributed by atoms with Crippen molar-refractivity contribution in [1.82, 2.24) is 10.2 Å². The van der Waals surface area contributed by atoms with Gasteiger partial charge in [0.05, 0.1) is 18.5 Å². The molecule has 2 aliphatic heterocycles. The van der Waals surface area contributed by atoms with Gasteiger partial charge in [-0.15, -0.1) is 0 Å². The number of aliphatic hydroxyl groups excluding tert-OH is 4. The van der Waals surface area contributed by atoms with Crippen LogP contribution >= 0.6 is 0 Å². The van der Waals surface area contributed by atoms with Gasteiger partial charge < -0.3 is 44.5 Å². The van der Waals surface area contributed by atoms with Crippen LogP contribution < -0.4 is 14.2 Å². The molecule has 1 saturated heterocycles. The van der Waals surface area contributed by atoms with E-state index < -0.39 is 37.3 Å². The van der Waals surface area contributed by atoms with Gasteiger partial charge in [0.15, 0.2) is 11.5 Å². The molecule has 1 fully saturated rings. The highest BCUT2D eigenvalue weighted by molar-refractivity contribution is 5.84. The van der Waals surface area contributed by atoms with Crippen LogP contribution in [0.5, 0.6) is 23.0 Å². The molecule has 5 rings (SSSR count). The van der Waals surface area contributed by atoms with Crippen LogP contribution in [-0.4, -0.2) is 79.8 Å². The molecule has 0 amide bonds. The first-order valence-electron chi connectivity index (χ1n) is 11.2. The van der Waals surface area contributed by atoms with Crippen molar-refractivity contribution in [2.24, 2.45) is 0 Å². The highest BCUT2D eigenvalue weighted by atomic mass is 16.7. The standard InChI is InChI=1S/C24H26N2O9/c1-2-11-5-13(20-14(8-25-26-20)12-3-4-16-18(6-12)33-10-32-16)15(28)7-17(11)34-24-23(31)22(30)21(29)19(9-27)35-24/h3-8,19,21-24,27-31H,2,9-10H2,1H3,(H,25,26)/t19-,21-,22+,23-,24-/m1/s1. The molecule has 0 aliphatic carbocycles. The number of hydrogen-bond donors (Lipinski definition) is 6. The number of hydrogen-bond acceptors (Lipinski definition) is 10. The van der Waals surface area contributed by atoms with Crippen LogP contribution in [0.25, 0.3) is 22.4 Å². The number of rotatable bonds is 6. The maximum absolute atomic E-state index is 10.9. The Labute approximate surface area is 200 Å². The number of phenols is 1. The third kappa shape index (κ3) is 4.17. The summed E-state index contributed by atoms with van der Waals surface area (Å²) in [6, 6.07) is 8.64. The molecule has 3 heterocycles. The van der Waals surface area contributed by atoms with Crippen molar-refractivity contribution < 1.29 is 44.5 Å². The van der Waals surface area contributed by atoms with Crippen LogP contribution in [0.2, 0.25) is 0 Å². The summed E-state index contributed by atoms with van der Waals surface area (Å²) in [7, 11) is 0. The summed E-state index contributed by atoms with van der Waals surface area (Å²) in [5, 5.41) is 57.7. The molecule has 35 heavy (non-hydrogen) atoms. The van der Waals surface area contributed by atoms with Gasteiger partial charge in [-0.1, -0.05) is 13.0 Å². The third-order valence-corrected chi connectivity index (χ3v) is 6.24. The molecular formula is C24H26N2O9. The Morgan fingerprint density at radius 2 is 1.83 bits per heavy atom. The van der Waals surface area contributed by atoms with Gasteiger partial charge in [0.1, 0.15) is 35.9 Å². The lowest BCUT2D eigenvalue weighted by Gasteiger charge is -2.39. The molecule has 5 atom stereocenters. The fourth-order valence-electron chi connectivity index (χ4n) is 4.26. The van der Waals surface area contributed by atoms with Gasteiger partial charge in [-0.05, 0) is 35.7 Å². The SMILES string of the molecule is CCc1cc(-c2[nH]ncc2-c2ccc3c(c2)OCO3)c(O)cc1O[C@@H]1O[C@H](CO)[C@@H](O)[C@H](O)[C@H]1O. The van der Waals surface area contributed by atoms with E-state index in [1.165, 1.54) is 6.07 Å². The lowest BCUT2D eigenvalue weighted by Crippen LogP contribution is -2.60. The van der Waals surface area contributed by atoms with Crippen molar-refractivity contribution in [2.75, 3.05) is 13.4 Å². The first-order chi connectivity index (χ1) is 16.9. The second kappa shape index (κ2) is 9.36. The molecule has 0 saturated carbocycles. The molecule has 0 radical (unpaired) electrons. The van der Waals surface area contributed by atoms with Crippen LogP contribution in [0, 0.1) is 0 Å². The topological polar surface area (TPSA) is 167 Å². The third-order valence-electron chi connectivity index (χ3n) is 6.24. The summed E-state index contributed by atoms with van der Waals surface area (Å²) in [5.41, 5.74) is 3.30. The molecule has 11 heteroatoms. The van der Waals surface area contributed by atoms with Crippen LogP contribution in [0.4, 0.5) is 0 Å². The fourth-order valence-corrected chi connectivity index (χ4v) is 4.26. The minimum atomic E-state index is -1.57. The van der Waals surface area contributed by atoms with E-state index in [2.05, 4.69) is 10.2 Å². The van der Waals surface area contributed by atoms with Crippen LogP contribution in [0.15, 0.2) is 36.5 Å². The Bertz CT molecular complexity index is 1210. The molecule has 2 aliphatic rings. The van der Waals surface area contributed by atoms with Crippen molar-refractivity contribution in [3.05, 3.63) is 42.1 Å². The average molecular weight is 486 g/mol. The van der Waals surface area contributed by atoms with Gasteiger partial charge in [0.25, 0.3) is 0 Å². The zero-order chi connectivity index (χ0) is 24.7. The highest BCUT2D eigenvalue weighted by Gasteiger charge is 2.45. The summed E-state index contributed by atoms with van der Waals surface area (Å²) < 4.78 is 22.1. The number of aromatic amines is 1. The number of benzene rings is 2. The number of H-pyrrole nitrogens is 1. The van der Waals surface area contributed by atoms with Crippen molar-refractivity contribution in [3.8, 4) is 45.4 Å². The number of aromatic hydroxyl groups is 1. The molecular weight excluding hydrogens is 460 g/mol. The molecule has 0 unspecified atom stereocenters. The number of nitrogens with one attached hydrogen (secondary N) is 1. The number of phenolic OH excluding ortho intramolecular Hbond substituents is 1. The number of nitrogens with zero attached hydrogens (tertiary/aromatic N) is 1. The zero-order valence-corrected chi connectivity index (χ0v) is 18.8. The molecule has 0 spiro atoms. The van der Waals surface area contributed by atoms with E-state index >= 15 is 0 Å². The number of aromatic nitrogens is 2. The monoisotopic (exact) mass is 486 g/mol. The quantitative estimate of drug-likeness (QED) is 0.295. The summed E-state index contributed by atoms with van der Waals surface area (Å²) in [4.78, 5) is 0. The normalized spacial score (nSPS) is 25.6. The minimum Gasteiger partial charge on any atom is -0.507 e. The van der Waals surface area contributed by atoms with E-state index in [0.717, 1.165) is 11.1 Å². The Morgan fingerprint density at radius 3 is 2.60 bits per heavy atom. The lowest BCUT2D eigenvalue weighted by atomic mass is 9.97. The Morgan fingerprint density at radius 1 is 1.03 bits per heavy atom. The van der Waals surface area contributed by atoms with Crippen molar-refractivity contribution in [2.45, 2.75) is 44.1 Å². The van der Waals surface area contributed by atoms with E-state index in [4.69, 9.17) is 18.9 Å². The van der Waals surface area contributed by atoms with Gasteiger partial charge in [-0.2, -0.15) is 5.10 Å². The molecule has 186 valence electrons. The summed E-state index contributed by atoms with van der Waals surface area (Å²) in [6.45, 7) is 1.48. The van der Waals surface area contributed by atoms with E-state index in [-0.39, 0.29) is 18.3 Å². The largest absolute Gasteiger partial charge is 0.507 e. The fraction of sp³-hybridized carbons (Fsp3) is 0.375. The maximum atomic E-state index is 10.9. The van der Waals surface area contributed by atoms with Crippen molar-refractivity contribution >= 4 is 0 Å². The van der Waals surface area contributed by atoms with Crippen LogP contribution in [0.1, 0.15) is 12.5 Å². The summed E-state index contributed by atoms with van der Waals surface area (Å²) in [6.07, 6.45) is -4.94. The Hall–Kier alpha value is -3.35. The first-order valence-corrected chi connectivity index (χ1v) is 11.2. The molecule has 6 N–H and O–H groups in total. The molecule has 2 aromatic carbocycles. The predicted octanol–water partition coefficient (Wildman–Crippen LogP) is 0.919. The van der Waals surface area contributed by atoms with Gasteiger partial charge in [0.2, 0.25) is 13.1 Å². The number of ether oxygens (including phenoxy) is 4.